The average molecular weight is 443 g/mol. The zero-order chi connectivity index (χ0) is 21.8. The first-order valence-electron chi connectivity index (χ1n) is 10.5. The Labute approximate surface area is 182 Å². The van der Waals surface area contributed by atoms with Gasteiger partial charge in [0, 0.05) is 36.9 Å². The first kappa shape index (κ1) is 21.3. The lowest BCUT2D eigenvalue weighted by Crippen LogP contribution is -2.30. The average Bonchev–Trinajstić information content (AvgIpc) is 3.38. The minimum atomic E-state index is -3.44. The molecule has 0 unspecified atom stereocenters. The fourth-order valence-electron chi connectivity index (χ4n) is 3.46. The van der Waals surface area contributed by atoms with Gasteiger partial charge in [-0.1, -0.05) is 18.2 Å². The maximum atomic E-state index is 12.6. The number of hydrogen-bond donors (Lipinski definition) is 3. The Morgan fingerprint density at radius 1 is 1.00 bits per heavy atom. The predicted octanol–water partition coefficient (Wildman–Crippen LogP) is 2.69. The number of carbonyl (C=O) groups is 2. The summed E-state index contributed by atoms with van der Waals surface area (Å²) >= 11 is 0. The SMILES string of the molecule is O=C(Nc1cccc(C(=O)NCc2ccc(S(=O)(=O)N3CCCC3)cc2)c1)NC1CC1. The normalized spacial score (nSPS) is 16.6. The number of benzene rings is 2. The zero-order valence-corrected chi connectivity index (χ0v) is 18.0. The first-order chi connectivity index (χ1) is 14.9. The highest BCUT2D eigenvalue weighted by molar-refractivity contribution is 7.89. The van der Waals surface area contributed by atoms with Gasteiger partial charge in [-0.15, -0.1) is 0 Å². The fourth-order valence-corrected chi connectivity index (χ4v) is 4.98. The van der Waals surface area contributed by atoms with Gasteiger partial charge in [0.2, 0.25) is 10.0 Å². The zero-order valence-electron chi connectivity index (χ0n) is 17.1. The van der Waals surface area contributed by atoms with Crippen LogP contribution in [0, 0.1) is 0 Å². The molecule has 0 atom stereocenters. The van der Waals surface area contributed by atoms with Crippen LogP contribution < -0.4 is 16.0 Å². The van der Waals surface area contributed by atoms with Gasteiger partial charge >= 0.3 is 6.03 Å². The van der Waals surface area contributed by atoms with Crippen molar-refractivity contribution in [2.75, 3.05) is 18.4 Å². The summed E-state index contributed by atoms with van der Waals surface area (Å²) in [5.74, 6) is -0.278. The summed E-state index contributed by atoms with van der Waals surface area (Å²) in [5, 5.41) is 8.39. The highest BCUT2D eigenvalue weighted by Gasteiger charge is 2.27. The van der Waals surface area contributed by atoms with E-state index < -0.39 is 10.0 Å². The van der Waals surface area contributed by atoms with Crippen LogP contribution in [0.25, 0.3) is 0 Å². The lowest BCUT2D eigenvalue weighted by Gasteiger charge is -2.15. The third kappa shape index (κ3) is 5.42. The molecule has 1 heterocycles. The third-order valence-electron chi connectivity index (χ3n) is 5.37. The number of amides is 3. The Morgan fingerprint density at radius 3 is 2.39 bits per heavy atom. The quantitative estimate of drug-likeness (QED) is 0.613. The largest absolute Gasteiger partial charge is 0.348 e. The van der Waals surface area contributed by atoms with E-state index in [4.69, 9.17) is 0 Å². The molecule has 9 heteroatoms. The second-order valence-electron chi connectivity index (χ2n) is 7.89. The van der Waals surface area contributed by atoms with Gasteiger partial charge in [0.1, 0.15) is 0 Å². The van der Waals surface area contributed by atoms with E-state index >= 15 is 0 Å². The van der Waals surface area contributed by atoms with Crippen molar-refractivity contribution in [2.45, 2.75) is 43.2 Å². The van der Waals surface area contributed by atoms with E-state index in [2.05, 4.69) is 16.0 Å². The van der Waals surface area contributed by atoms with Crippen LogP contribution in [0.2, 0.25) is 0 Å². The number of nitrogens with zero attached hydrogens (tertiary/aromatic N) is 1. The van der Waals surface area contributed by atoms with E-state index in [1.165, 1.54) is 4.31 Å². The van der Waals surface area contributed by atoms with Gasteiger partial charge in [-0.2, -0.15) is 4.31 Å². The Kier molecular flexibility index (Phi) is 6.24. The molecule has 0 aromatic heterocycles. The second kappa shape index (κ2) is 9.07. The van der Waals surface area contributed by atoms with Crippen LogP contribution in [-0.2, 0) is 16.6 Å². The van der Waals surface area contributed by atoms with Crippen LogP contribution in [0.15, 0.2) is 53.4 Å². The Morgan fingerprint density at radius 2 is 1.71 bits per heavy atom. The van der Waals surface area contributed by atoms with Crippen molar-refractivity contribution in [1.29, 1.82) is 0 Å². The highest BCUT2D eigenvalue weighted by Crippen LogP contribution is 2.21. The molecule has 2 fully saturated rings. The van der Waals surface area contributed by atoms with E-state index in [0.717, 1.165) is 31.2 Å². The smallest absolute Gasteiger partial charge is 0.319 e. The van der Waals surface area contributed by atoms with Gasteiger partial charge in [0.25, 0.3) is 5.91 Å². The molecule has 164 valence electrons. The van der Waals surface area contributed by atoms with E-state index in [9.17, 15) is 18.0 Å². The number of sulfonamides is 1. The van der Waals surface area contributed by atoms with Crippen LogP contribution >= 0.6 is 0 Å². The van der Waals surface area contributed by atoms with Crippen molar-refractivity contribution in [2.24, 2.45) is 0 Å². The van der Waals surface area contributed by atoms with Crippen LogP contribution in [-0.4, -0.2) is 43.8 Å². The van der Waals surface area contributed by atoms with Crippen LogP contribution in [0.4, 0.5) is 10.5 Å². The van der Waals surface area contributed by atoms with Gasteiger partial charge in [-0.3, -0.25) is 4.79 Å². The molecule has 0 spiro atoms. The summed E-state index contributed by atoms with van der Waals surface area (Å²) in [6.45, 7) is 1.40. The molecule has 8 nitrogen and oxygen atoms in total. The standard InChI is InChI=1S/C22H26N4O4S/c27-21(17-4-3-5-19(14-17)25-22(28)24-18-8-9-18)23-15-16-6-10-20(11-7-16)31(29,30)26-12-1-2-13-26/h3-7,10-11,14,18H,1-2,8-9,12-13,15H2,(H,23,27)(H2,24,25,28). The molecule has 2 aliphatic rings. The summed E-state index contributed by atoms with van der Waals surface area (Å²) in [7, 11) is -3.44. The number of rotatable bonds is 7. The summed E-state index contributed by atoms with van der Waals surface area (Å²) in [5.41, 5.74) is 1.77. The van der Waals surface area contributed by atoms with Gasteiger partial charge in [-0.05, 0) is 61.6 Å². The maximum absolute atomic E-state index is 12.6. The number of carbonyl (C=O) groups excluding carboxylic acids is 2. The molecule has 1 saturated heterocycles. The van der Waals surface area contributed by atoms with Gasteiger partial charge in [0.05, 0.1) is 4.90 Å². The molecule has 31 heavy (non-hydrogen) atoms. The maximum Gasteiger partial charge on any atom is 0.319 e. The number of nitrogens with one attached hydrogen (secondary N) is 3. The molecule has 4 rings (SSSR count). The molecule has 1 saturated carbocycles. The first-order valence-corrected chi connectivity index (χ1v) is 11.9. The van der Waals surface area contributed by atoms with E-state index in [-0.39, 0.29) is 29.4 Å². The summed E-state index contributed by atoms with van der Waals surface area (Å²) in [6, 6.07) is 13.3. The van der Waals surface area contributed by atoms with Crippen LogP contribution in [0.5, 0.6) is 0 Å². The van der Waals surface area contributed by atoms with Crippen LogP contribution in [0.3, 0.4) is 0 Å². The fraction of sp³-hybridized carbons (Fsp3) is 0.364. The van der Waals surface area contributed by atoms with E-state index in [1.54, 1.807) is 48.5 Å². The lowest BCUT2D eigenvalue weighted by atomic mass is 10.1. The number of hydrogen-bond acceptors (Lipinski definition) is 4. The summed E-state index contributed by atoms with van der Waals surface area (Å²) < 4.78 is 26.7. The minimum Gasteiger partial charge on any atom is -0.348 e. The van der Waals surface area contributed by atoms with Crippen molar-refractivity contribution < 1.29 is 18.0 Å². The molecule has 3 amide bonds. The van der Waals surface area contributed by atoms with Crippen molar-refractivity contribution in [3.05, 3.63) is 59.7 Å². The van der Waals surface area contributed by atoms with Gasteiger partial charge < -0.3 is 16.0 Å². The molecule has 0 radical (unpaired) electrons. The van der Waals surface area contributed by atoms with Crippen molar-refractivity contribution in [3.8, 4) is 0 Å². The molecule has 1 aliphatic heterocycles. The molecule has 2 aromatic rings. The minimum absolute atomic E-state index is 0.253. The van der Waals surface area contributed by atoms with Crippen molar-refractivity contribution in [1.82, 2.24) is 14.9 Å². The van der Waals surface area contributed by atoms with Crippen molar-refractivity contribution in [3.63, 3.8) is 0 Å². The predicted molar refractivity (Wildman–Crippen MR) is 117 cm³/mol. The van der Waals surface area contributed by atoms with Crippen molar-refractivity contribution >= 4 is 27.6 Å². The molecular weight excluding hydrogens is 416 g/mol. The van der Waals surface area contributed by atoms with Gasteiger partial charge in [-0.25, -0.2) is 13.2 Å². The van der Waals surface area contributed by atoms with Gasteiger partial charge in [0.15, 0.2) is 0 Å². The highest BCUT2D eigenvalue weighted by atomic mass is 32.2. The number of urea groups is 1. The summed E-state index contributed by atoms with van der Waals surface area (Å²) in [6.07, 6.45) is 3.79. The Bertz CT molecular complexity index is 1060. The summed E-state index contributed by atoms with van der Waals surface area (Å²) in [4.78, 5) is 24.6. The third-order valence-corrected chi connectivity index (χ3v) is 7.29. The van der Waals surface area contributed by atoms with E-state index in [0.29, 0.717) is 24.3 Å². The monoisotopic (exact) mass is 442 g/mol. The number of anilines is 1. The molecule has 2 aromatic carbocycles. The Balaban J connectivity index is 1.33. The second-order valence-corrected chi connectivity index (χ2v) is 9.83. The Hall–Kier alpha value is -2.91. The lowest BCUT2D eigenvalue weighted by molar-refractivity contribution is 0.0951. The van der Waals surface area contributed by atoms with Crippen LogP contribution in [0.1, 0.15) is 41.6 Å². The molecule has 3 N–H and O–H groups in total. The topological polar surface area (TPSA) is 108 Å². The molecule has 0 bridgehead atoms. The van der Waals surface area contributed by atoms with E-state index in [1.807, 2.05) is 0 Å². The molecular formula is C22H26N4O4S. The molecule has 1 aliphatic carbocycles.